The normalized spacial score (nSPS) is 16.6. The molecule has 1 N–H and O–H groups in total. The Bertz CT molecular complexity index is 422. The van der Waals surface area contributed by atoms with E-state index in [4.69, 9.17) is 4.98 Å². The first kappa shape index (κ1) is 16.8. The van der Waals surface area contributed by atoms with Gasteiger partial charge in [0.15, 0.2) is 5.13 Å². The van der Waals surface area contributed by atoms with Crippen molar-refractivity contribution in [2.75, 3.05) is 18.0 Å². The van der Waals surface area contributed by atoms with E-state index >= 15 is 0 Å². The van der Waals surface area contributed by atoms with Crippen molar-refractivity contribution in [1.82, 2.24) is 10.3 Å². The molecular formula is C17H31N3S. The molecule has 0 amide bonds. The van der Waals surface area contributed by atoms with Crippen molar-refractivity contribution in [2.24, 2.45) is 5.92 Å². The number of anilines is 1. The van der Waals surface area contributed by atoms with Gasteiger partial charge in [-0.3, -0.25) is 0 Å². The second-order valence-corrected chi connectivity index (χ2v) is 7.67. The summed E-state index contributed by atoms with van der Waals surface area (Å²) < 4.78 is 0. The Kier molecular flexibility index (Phi) is 6.49. The highest BCUT2D eigenvalue weighted by Crippen LogP contribution is 2.31. The van der Waals surface area contributed by atoms with Gasteiger partial charge in [-0.05, 0) is 39.2 Å². The number of aromatic nitrogens is 1. The van der Waals surface area contributed by atoms with Gasteiger partial charge in [0.2, 0.25) is 0 Å². The smallest absolute Gasteiger partial charge is 0.186 e. The second kappa shape index (κ2) is 8.14. The number of rotatable bonds is 7. The minimum atomic E-state index is 0.701. The van der Waals surface area contributed by atoms with Crippen LogP contribution < -0.4 is 10.2 Å². The van der Waals surface area contributed by atoms with Crippen molar-refractivity contribution in [3.63, 3.8) is 0 Å². The third kappa shape index (κ3) is 4.68. The van der Waals surface area contributed by atoms with Crippen molar-refractivity contribution in [1.29, 1.82) is 0 Å². The van der Waals surface area contributed by atoms with Crippen LogP contribution in [0.25, 0.3) is 0 Å². The zero-order valence-electron chi connectivity index (χ0n) is 14.1. The molecule has 3 nitrogen and oxygen atoms in total. The molecule has 0 aromatic carbocycles. The second-order valence-electron chi connectivity index (χ2n) is 6.61. The highest BCUT2D eigenvalue weighted by atomic mass is 32.1. The molecule has 2 rings (SSSR count). The summed E-state index contributed by atoms with van der Waals surface area (Å²) in [5.74, 6) is 0.701. The van der Waals surface area contributed by atoms with Gasteiger partial charge in [0.1, 0.15) is 0 Å². The predicted octanol–water partition coefficient (Wildman–Crippen LogP) is 4.36. The number of hydrogen-bond donors (Lipinski definition) is 1. The monoisotopic (exact) mass is 309 g/mol. The van der Waals surface area contributed by atoms with Gasteiger partial charge in [0, 0.05) is 24.0 Å². The molecule has 0 bridgehead atoms. The fourth-order valence-electron chi connectivity index (χ4n) is 3.12. The minimum absolute atomic E-state index is 0.701. The van der Waals surface area contributed by atoms with Crippen LogP contribution >= 0.6 is 11.3 Å². The van der Waals surface area contributed by atoms with Crippen LogP contribution in [0.2, 0.25) is 0 Å². The molecule has 1 aromatic rings. The van der Waals surface area contributed by atoms with Crippen LogP contribution in [-0.2, 0) is 6.54 Å². The Balaban J connectivity index is 2.01. The Morgan fingerprint density at radius 2 is 2.00 bits per heavy atom. The number of aryl methyl sites for hydroxylation is 1. The van der Waals surface area contributed by atoms with Gasteiger partial charge in [-0.1, -0.05) is 33.1 Å². The Hall–Kier alpha value is -0.610. The van der Waals surface area contributed by atoms with Crippen LogP contribution in [0.1, 0.15) is 63.4 Å². The molecule has 1 heterocycles. The van der Waals surface area contributed by atoms with E-state index in [0.29, 0.717) is 12.0 Å². The highest BCUT2D eigenvalue weighted by Gasteiger charge is 2.23. The van der Waals surface area contributed by atoms with Crippen LogP contribution in [0.4, 0.5) is 5.13 Å². The van der Waals surface area contributed by atoms with Gasteiger partial charge in [-0.25, -0.2) is 4.98 Å². The lowest BCUT2D eigenvalue weighted by Gasteiger charge is -2.33. The lowest BCUT2D eigenvalue weighted by Crippen LogP contribution is -2.36. The van der Waals surface area contributed by atoms with E-state index in [1.165, 1.54) is 47.8 Å². The molecule has 1 saturated carbocycles. The van der Waals surface area contributed by atoms with Gasteiger partial charge < -0.3 is 10.2 Å². The van der Waals surface area contributed by atoms with Crippen LogP contribution in [0.5, 0.6) is 0 Å². The van der Waals surface area contributed by atoms with Crippen LogP contribution in [0, 0.1) is 12.8 Å². The van der Waals surface area contributed by atoms with Crippen molar-refractivity contribution < 1.29 is 0 Å². The number of hydrogen-bond acceptors (Lipinski definition) is 4. The van der Waals surface area contributed by atoms with Crippen molar-refractivity contribution >= 4 is 16.5 Å². The standard InChI is InChI=1S/C17H31N3S/c1-5-20(15-9-7-6-8-10-15)17-19-14(4)16(21-17)12-18-11-13(2)3/h13,15,18H,5-12H2,1-4H3. The zero-order valence-corrected chi connectivity index (χ0v) is 14.9. The molecule has 0 unspecified atom stereocenters. The van der Waals surface area contributed by atoms with E-state index in [9.17, 15) is 0 Å². The molecule has 0 atom stereocenters. The van der Waals surface area contributed by atoms with E-state index in [1.54, 1.807) is 0 Å². The summed E-state index contributed by atoms with van der Waals surface area (Å²) in [5.41, 5.74) is 1.21. The molecule has 0 aliphatic heterocycles. The molecule has 1 aliphatic carbocycles. The maximum absolute atomic E-state index is 4.86. The van der Waals surface area contributed by atoms with Gasteiger partial charge >= 0.3 is 0 Å². The Labute approximate surface area is 134 Å². The quantitative estimate of drug-likeness (QED) is 0.811. The first-order chi connectivity index (χ1) is 10.1. The summed E-state index contributed by atoms with van der Waals surface area (Å²) in [6.07, 6.45) is 6.86. The lowest BCUT2D eigenvalue weighted by molar-refractivity contribution is 0.418. The Morgan fingerprint density at radius 3 is 2.62 bits per heavy atom. The lowest BCUT2D eigenvalue weighted by atomic mass is 9.94. The summed E-state index contributed by atoms with van der Waals surface area (Å²) >= 11 is 1.89. The molecule has 4 heteroatoms. The van der Waals surface area contributed by atoms with Crippen molar-refractivity contribution in [3.8, 4) is 0 Å². The highest BCUT2D eigenvalue weighted by molar-refractivity contribution is 7.15. The largest absolute Gasteiger partial charge is 0.345 e. The summed E-state index contributed by atoms with van der Waals surface area (Å²) in [6, 6.07) is 0.714. The van der Waals surface area contributed by atoms with Gasteiger partial charge in [-0.15, -0.1) is 11.3 Å². The predicted molar refractivity (Wildman–Crippen MR) is 93.3 cm³/mol. The van der Waals surface area contributed by atoms with Crippen molar-refractivity contribution in [3.05, 3.63) is 10.6 Å². The van der Waals surface area contributed by atoms with E-state index in [2.05, 4.69) is 37.9 Å². The summed E-state index contributed by atoms with van der Waals surface area (Å²) in [6.45, 7) is 12.0. The van der Waals surface area contributed by atoms with Gasteiger partial charge in [0.05, 0.1) is 5.69 Å². The molecule has 21 heavy (non-hydrogen) atoms. The molecule has 1 aromatic heterocycles. The third-order valence-corrected chi connectivity index (χ3v) is 5.52. The maximum atomic E-state index is 4.86. The fraction of sp³-hybridized carbons (Fsp3) is 0.824. The summed E-state index contributed by atoms with van der Waals surface area (Å²) in [4.78, 5) is 8.81. The van der Waals surface area contributed by atoms with E-state index in [-0.39, 0.29) is 0 Å². The van der Waals surface area contributed by atoms with Gasteiger partial charge in [0.25, 0.3) is 0 Å². The number of nitrogens with zero attached hydrogens (tertiary/aromatic N) is 2. The SMILES string of the molecule is CCN(c1nc(C)c(CNCC(C)C)s1)C1CCCCC1. The first-order valence-corrected chi connectivity index (χ1v) is 9.37. The minimum Gasteiger partial charge on any atom is -0.345 e. The number of nitrogens with one attached hydrogen (secondary N) is 1. The summed E-state index contributed by atoms with van der Waals surface area (Å²) in [5, 5.41) is 4.78. The van der Waals surface area contributed by atoms with E-state index < -0.39 is 0 Å². The molecule has 1 fully saturated rings. The zero-order chi connectivity index (χ0) is 15.2. The average molecular weight is 310 g/mol. The van der Waals surface area contributed by atoms with E-state index in [1.807, 2.05) is 11.3 Å². The summed E-state index contributed by atoms with van der Waals surface area (Å²) in [7, 11) is 0. The first-order valence-electron chi connectivity index (χ1n) is 8.55. The molecule has 0 saturated heterocycles. The number of thiazole rings is 1. The van der Waals surface area contributed by atoms with Crippen LogP contribution in [0.15, 0.2) is 0 Å². The third-order valence-electron chi connectivity index (χ3n) is 4.32. The molecule has 120 valence electrons. The molecule has 0 radical (unpaired) electrons. The van der Waals surface area contributed by atoms with Crippen molar-refractivity contribution in [2.45, 2.75) is 72.4 Å². The van der Waals surface area contributed by atoms with Crippen LogP contribution in [0.3, 0.4) is 0 Å². The van der Waals surface area contributed by atoms with Gasteiger partial charge in [-0.2, -0.15) is 0 Å². The molecule has 0 spiro atoms. The topological polar surface area (TPSA) is 28.2 Å². The Morgan fingerprint density at radius 1 is 1.29 bits per heavy atom. The van der Waals surface area contributed by atoms with E-state index in [0.717, 1.165) is 19.6 Å². The molecular weight excluding hydrogens is 278 g/mol. The fourth-order valence-corrected chi connectivity index (χ4v) is 4.28. The molecule has 1 aliphatic rings. The van der Waals surface area contributed by atoms with Crippen LogP contribution in [-0.4, -0.2) is 24.1 Å². The maximum Gasteiger partial charge on any atom is 0.186 e. The average Bonchev–Trinajstić information content (AvgIpc) is 2.82.